The zero-order valence-electron chi connectivity index (χ0n) is 8.86. The molecule has 3 rings (SSSR count). The third-order valence-electron chi connectivity index (χ3n) is 3.26. The number of carbonyl (C=O) groups excluding carboxylic acids is 1. The predicted molar refractivity (Wildman–Crippen MR) is 63.5 cm³/mol. The van der Waals surface area contributed by atoms with Crippen molar-refractivity contribution >= 4 is 18.2 Å². The maximum Gasteiger partial charge on any atom is 0.210 e. The predicted octanol–water partition coefficient (Wildman–Crippen LogP) is 1.81. The summed E-state index contributed by atoms with van der Waals surface area (Å²) in [6, 6.07) is 7.53. The first kappa shape index (κ1) is 11.4. The van der Waals surface area contributed by atoms with E-state index in [1.165, 1.54) is 0 Å². The highest BCUT2D eigenvalue weighted by Crippen LogP contribution is 2.39. The van der Waals surface area contributed by atoms with Crippen LogP contribution in [0.4, 0.5) is 0 Å². The Morgan fingerprint density at radius 3 is 2.56 bits per heavy atom. The number of carbonyl (C=O) groups is 1. The van der Waals surface area contributed by atoms with Gasteiger partial charge in [0.15, 0.2) is 5.60 Å². The van der Waals surface area contributed by atoms with E-state index < -0.39 is 5.60 Å². The molecule has 2 heterocycles. The molecule has 86 valence electrons. The molecule has 0 amide bonds. The number of para-hydroxylation sites is 1. The fourth-order valence-corrected chi connectivity index (χ4v) is 2.41. The van der Waals surface area contributed by atoms with Gasteiger partial charge in [-0.05, 0) is 25.2 Å². The Balaban J connectivity index is 0.000000963. The number of Topliss-reactive ketones (excluding diaryl/α,β-unsaturated/α-hetero) is 1. The molecule has 2 aliphatic heterocycles. The molecule has 1 N–H and O–H groups in total. The number of piperidine rings is 1. The lowest BCUT2D eigenvalue weighted by atomic mass is 9.87. The van der Waals surface area contributed by atoms with Crippen LogP contribution in [-0.4, -0.2) is 24.5 Å². The Labute approximate surface area is 101 Å². The monoisotopic (exact) mass is 239 g/mol. The number of rotatable bonds is 0. The number of halogens is 1. The second-order valence-corrected chi connectivity index (χ2v) is 4.17. The van der Waals surface area contributed by atoms with Crippen molar-refractivity contribution in [1.29, 1.82) is 0 Å². The van der Waals surface area contributed by atoms with Crippen LogP contribution in [0.3, 0.4) is 0 Å². The highest BCUT2D eigenvalue weighted by atomic mass is 35.5. The largest absolute Gasteiger partial charge is 0.478 e. The smallest absolute Gasteiger partial charge is 0.210 e. The molecular weight excluding hydrogens is 226 g/mol. The fourth-order valence-electron chi connectivity index (χ4n) is 2.41. The van der Waals surface area contributed by atoms with E-state index in [-0.39, 0.29) is 18.2 Å². The molecule has 0 atom stereocenters. The van der Waals surface area contributed by atoms with Gasteiger partial charge in [-0.15, -0.1) is 12.4 Å². The first-order valence-corrected chi connectivity index (χ1v) is 5.35. The van der Waals surface area contributed by atoms with Crippen LogP contribution >= 0.6 is 12.4 Å². The van der Waals surface area contributed by atoms with Crippen molar-refractivity contribution in [3.8, 4) is 5.75 Å². The second kappa shape index (κ2) is 4.07. The summed E-state index contributed by atoms with van der Waals surface area (Å²) in [4.78, 5) is 12.2. The third-order valence-corrected chi connectivity index (χ3v) is 3.26. The van der Waals surface area contributed by atoms with Gasteiger partial charge in [0.05, 0.1) is 5.56 Å². The Bertz CT molecular complexity index is 413. The SMILES string of the molecule is Cl.O=C1c2ccccc2OC12CCNCC2. The molecule has 1 aromatic rings. The van der Waals surface area contributed by atoms with Crippen LogP contribution in [0, 0.1) is 0 Å². The number of fused-ring (bicyclic) bond motifs is 1. The van der Waals surface area contributed by atoms with E-state index in [9.17, 15) is 4.79 Å². The van der Waals surface area contributed by atoms with E-state index >= 15 is 0 Å². The van der Waals surface area contributed by atoms with Gasteiger partial charge in [0.2, 0.25) is 5.78 Å². The Morgan fingerprint density at radius 1 is 1.19 bits per heavy atom. The quantitative estimate of drug-likeness (QED) is 0.751. The average molecular weight is 240 g/mol. The molecule has 0 radical (unpaired) electrons. The molecular formula is C12H14ClNO2. The summed E-state index contributed by atoms with van der Waals surface area (Å²) in [7, 11) is 0. The van der Waals surface area contributed by atoms with Gasteiger partial charge in [-0.1, -0.05) is 12.1 Å². The number of ether oxygens (including phenoxy) is 1. The van der Waals surface area contributed by atoms with Crippen LogP contribution < -0.4 is 10.1 Å². The minimum atomic E-state index is -0.561. The molecule has 1 saturated heterocycles. The molecule has 3 nitrogen and oxygen atoms in total. The van der Waals surface area contributed by atoms with E-state index in [4.69, 9.17) is 4.74 Å². The molecule has 0 bridgehead atoms. The van der Waals surface area contributed by atoms with Crippen LogP contribution in [0.15, 0.2) is 24.3 Å². The summed E-state index contributed by atoms with van der Waals surface area (Å²) in [5.41, 5.74) is 0.189. The lowest BCUT2D eigenvalue weighted by molar-refractivity contribution is 0.0424. The van der Waals surface area contributed by atoms with E-state index in [1.54, 1.807) is 0 Å². The molecule has 1 fully saturated rings. The third kappa shape index (κ3) is 1.51. The summed E-state index contributed by atoms with van der Waals surface area (Å²) in [6.07, 6.45) is 1.56. The summed E-state index contributed by atoms with van der Waals surface area (Å²) >= 11 is 0. The molecule has 16 heavy (non-hydrogen) atoms. The van der Waals surface area contributed by atoms with E-state index in [0.29, 0.717) is 0 Å². The number of ketones is 1. The van der Waals surface area contributed by atoms with Crippen molar-refractivity contribution in [2.24, 2.45) is 0 Å². The van der Waals surface area contributed by atoms with Crippen LogP contribution in [0.2, 0.25) is 0 Å². The molecule has 0 aliphatic carbocycles. The summed E-state index contributed by atoms with van der Waals surface area (Å²) in [6.45, 7) is 1.72. The summed E-state index contributed by atoms with van der Waals surface area (Å²) < 4.78 is 5.86. The maximum absolute atomic E-state index is 12.2. The fraction of sp³-hybridized carbons (Fsp3) is 0.417. The summed E-state index contributed by atoms with van der Waals surface area (Å²) in [5, 5.41) is 3.25. The minimum Gasteiger partial charge on any atom is -0.478 e. The van der Waals surface area contributed by atoms with Crippen LogP contribution in [0.1, 0.15) is 23.2 Å². The molecule has 4 heteroatoms. The topological polar surface area (TPSA) is 38.3 Å². The number of benzene rings is 1. The van der Waals surface area contributed by atoms with Gasteiger partial charge in [-0.25, -0.2) is 0 Å². The van der Waals surface area contributed by atoms with Gasteiger partial charge in [0, 0.05) is 12.8 Å². The van der Waals surface area contributed by atoms with Crippen molar-refractivity contribution in [3.05, 3.63) is 29.8 Å². The molecule has 0 unspecified atom stereocenters. The molecule has 0 aromatic heterocycles. The van der Waals surface area contributed by atoms with Gasteiger partial charge >= 0.3 is 0 Å². The zero-order chi connectivity index (χ0) is 10.3. The average Bonchev–Trinajstić information content (AvgIpc) is 2.54. The number of hydrogen-bond acceptors (Lipinski definition) is 3. The van der Waals surface area contributed by atoms with Crippen LogP contribution in [0.5, 0.6) is 5.75 Å². The van der Waals surface area contributed by atoms with Crippen LogP contribution in [-0.2, 0) is 0 Å². The normalized spacial score (nSPS) is 21.1. The van der Waals surface area contributed by atoms with Crippen LogP contribution in [0.25, 0.3) is 0 Å². The van der Waals surface area contributed by atoms with Crippen molar-refractivity contribution in [1.82, 2.24) is 5.32 Å². The van der Waals surface area contributed by atoms with Gasteiger partial charge in [-0.2, -0.15) is 0 Å². The van der Waals surface area contributed by atoms with E-state index in [1.807, 2.05) is 24.3 Å². The minimum absolute atomic E-state index is 0. The highest BCUT2D eigenvalue weighted by Gasteiger charge is 2.47. The van der Waals surface area contributed by atoms with Gasteiger partial charge in [-0.3, -0.25) is 4.79 Å². The Hall–Kier alpha value is -1.06. The van der Waals surface area contributed by atoms with Gasteiger partial charge < -0.3 is 10.1 Å². The summed E-state index contributed by atoms with van der Waals surface area (Å²) in [5.74, 6) is 0.920. The van der Waals surface area contributed by atoms with E-state index in [2.05, 4.69) is 5.32 Å². The zero-order valence-corrected chi connectivity index (χ0v) is 9.68. The molecule has 2 aliphatic rings. The molecule has 1 spiro atoms. The van der Waals surface area contributed by atoms with Gasteiger partial charge in [0.1, 0.15) is 5.75 Å². The van der Waals surface area contributed by atoms with Crippen molar-refractivity contribution < 1.29 is 9.53 Å². The Kier molecular flexibility index (Phi) is 2.91. The maximum atomic E-state index is 12.2. The number of hydrogen-bond donors (Lipinski definition) is 1. The van der Waals surface area contributed by atoms with E-state index in [0.717, 1.165) is 37.2 Å². The highest BCUT2D eigenvalue weighted by molar-refractivity contribution is 6.07. The first-order chi connectivity index (χ1) is 7.32. The lowest BCUT2D eigenvalue weighted by Gasteiger charge is -2.31. The number of nitrogens with one attached hydrogen (secondary N) is 1. The van der Waals surface area contributed by atoms with Crippen molar-refractivity contribution in [3.63, 3.8) is 0 Å². The van der Waals surface area contributed by atoms with Gasteiger partial charge in [0.25, 0.3) is 0 Å². The lowest BCUT2D eigenvalue weighted by Crippen LogP contribution is -2.49. The molecule has 1 aromatic carbocycles. The molecule has 0 saturated carbocycles. The Morgan fingerprint density at radius 2 is 1.88 bits per heavy atom. The second-order valence-electron chi connectivity index (χ2n) is 4.17. The van der Waals surface area contributed by atoms with Crippen molar-refractivity contribution in [2.75, 3.05) is 13.1 Å². The van der Waals surface area contributed by atoms with Crippen molar-refractivity contribution in [2.45, 2.75) is 18.4 Å². The first-order valence-electron chi connectivity index (χ1n) is 5.35. The standard InChI is InChI=1S/C12H13NO2.ClH/c14-11-9-3-1-2-4-10(9)15-12(11)5-7-13-8-6-12;/h1-4,13H,5-8H2;1H.